The fourth-order valence-corrected chi connectivity index (χ4v) is 6.69. The molecule has 5 fully saturated rings. The molecule has 1 aliphatic heterocycles. The number of carbonyl (C=O) groups excluding carboxylic acids is 4. The minimum Gasteiger partial charge on any atom is -0.454 e. The van der Waals surface area contributed by atoms with Gasteiger partial charge in [-0.2, -0.15) is 0 Å². The first kappa shape index (κ1) is 22.1. The molecule has 0 aromatic rings. The summed E-state index contributed by atoms with van der Waals surface area (Å²) in [6.45, 7) is 3.80. The zero-order chi connectivity index (χ0) is 22.2. The first-order valence-corrected chi connectivity index (χ1v) is 11.9. The van der Waals surface area contributed by atoms with Crippen molar-refractivity contribution in [1.29, 1.82) is 0 Å². The largest absolute Gasteiger partial charge is 0.454 e. The molecule has 5 rings (SSSR count). The third-order valence-electron chi connectivity index (χ3n) is 7.87. The lowest BCUT2D eigenvalue weighted by molar-refractivity contribution is -0.166. The monoisotopic (exact) mass is 433 g/mol. The van der Waals surface area contributed by atoms with Crippen molar-refractivity contribution >= 4 is 23.8 Å². The van der Waals surface area contributed by atoms with Crippen LogP contribution in [0, 0.1) is 23.2 Å². The molecule has 31 heavy (non-hydrogen) atoms. The van der Waals surface area contributed by atoms with Gasteiger partial charge in [-0.3, -0.25) is 14.9 Å². The number of nitrogens with zero attached hydrogens (tertiary/aromatic N) is 1. The van der Waals surface area contributed by atoms with Crippen LogP contribution in [0.2, 0.25) is 0 Å². The van der Waals surface area contributed by atoms with Gasteiger partial charge in [0, 0.05) is 12.6 Å². The van der Waals surface area contributed by atoms with Crippen LogP contribution in [0.25, 0.3) is 0 Å². The number of rotatable bonds is 6. The van der Waals surface area contributed by atoms with E-state index in [0.717, 1.165) is 32.1 Å². The minimum atomic E-state index is -0.675. The number of carbonyl (C=O) groups is 4. The fraction of sp³-hybridized carbons (Fsp3) is 0.826. The Morgan fingerprint density at radius 3 is 2.26 bits per heavy atom. The van der Waals surface area contributed by atoms with Crippen LogP contribution in [0.5, 0.6) is 0 Å². The van der Waals surface area contributed by atoms with Gasteiger partial charge >= 0.3 is 12.0 Å². The van der Waals surface area contributed by atoms with Gasteiger partial charge in [0.25, 0.3) is 5.91 Å². The first-order valence-electron chi connectivity index (χ1n) is 11.9. The molecule has 4 aliphatic carbocycles. The van der Waals surface area contributed by atoms with E-state index in [4.69, 9.17) is 4.74 Å². The number of amides is 4. The summed E-state index contributed by atoms with van der Waals surface area (Å²) in [5.74, 6) is 0.887. The standard InChI is InChI=1S/C23H35N3O5/c1-3-14(2)24-22(30)25-19(27)13-31-20(28)18-5-4-6-26(18)21(29)23-10-15-7-16(11-23)9-17(8-15)12-23/h14-18H,3-13H2,1-2H3,(H2,24,25,27,30)/t14-,15?,16?,17?,18+,23?/m0/s1. The lowest BCUT2D eigenvalue weighted by atomic mass is 9.49. The summed E-state index contributed by atoms with van der Waals surface area (Å²) in [7, 11) is 0. The molecular weight excluding hydrogens is 398 g/mol. The lowest BCUT2D eigenvalue weighted by Crippen LogP contribution is -2.56. The molecule has 8 heteroatoms. The minimum absolute atomic E-state index is 0.0574. The van der Waals surface area contributed by atoms with Crippen molar-refractivity contribution in [1.82, 2.24) is 15.5 Å². The third kappa shape index (κ3) is 4.58. The number of hydrogen-bond acceptors (Lipinski definition) is 5. The van der Waals surface area contributed by atoms with E-state index in [1.807, 2.05) is 13.8 Å². The molecule has 0 spiro atoms. The van der Waals surface area contributed by atoms with Gasteiger partial charge in [-0.1, -0.05) is 6.92 Å². The molecule has 5 aliphatic rings. The van der Waals surface area contributed by atoms with E-state index in [1.54, 1.807) is 4.90 Å². The molecule has 0 aromatic heterocycles. The molecule has 4 amide bonds. The number of hydrogen-bond donors (Lipinski definition) is 2. The molecule has 4 bridgehead atoms. The molecular formula is C23H35N3O5. The van der Waals surface area contributed by atoms with E-state index in [1.165, 1.54) is 19.3 Å². The smallest absolute Gasteiger partial charge is 0.329 e. The van der Waals surface area contributed by atoms with Crippen molar-refractivity contribution in [3.8, 4) is 0 Å². The quantitative estimate of drug-likeness (QED) is 0.626. The van der Waals surface area contributed by atoms with E-state index < -0.39 is 30.6 Å². The maximum atomic E-state index is 13.6. The number of urea groups is 1. The van der Waals surface area contributed by atoms with Gasteiger partial charge in [-0.15, -0.1) is 0 Å². The van der Waals surface area contributed by atoms with Crippen LogP contribution >= 0.6 is 0 Å². The van der Waals surface area contributed by atoms with Crippen LogP contribution in [-0.4, -0.2) is 54.0 Å². The van der Waals surface area contributed by atoms with Gasteiger partial charge in [0.2, 0.25) is 5.91 Å². The highest BCUT2D eigenvalue weighted by Crippen LogP contribution is 2.60. The van der Waals surface area contributed by atoms with Crippen LogP contribution in [0.1, 0.15) is 71.6 Å². The molecule has 4 saturated carbocycles. The molecule has 172 valence electrons. The molecule has 0 unspecified atom stereocenters. The second kappa shape index (κ2) is 8.79. The molecule has 1 heterocycles. The summed E-state index contributed by atoms with van der Waals surface area (Å²) in [4.78, 5) is 51.7. The van der Waals surface area contributed by atoms with E-state index in [-0.39, 0.29) is 17.4 Å². The van der Waals surface area contributed by atoms with Crippen molar-refractivity contribution < 1.29 is 23.9 Å². The third-order valence-corrected chi connectivity index (χ3v) is 7.87. The summed E-state index contributed by atoms with van der Waals surface area (Å²) in [5, 5.41) is 4.79. The van der Waals surface area contributed by atoms with Crippen molar-refractivity contribution in [2.45, 2.75) is 83.7 Å². The second-order valence-electron chi connectivity index (χ2n) is 10.3. The molecule has 0 radical (unpaired) electrons. The molecule has 1 saturated heterocycles. The summed E-state index contributed by atoms with van der Waals surface area (Å²) in [6.07, 6.45) is 8.74. The maximum absolute atomic E-state index is 13.6. The average Bonchev–Trinajstić information content (AvgIpc) is 3.20. The van der Waals surface area contributed by atoms with E-state index in [2.05, 4.69) is 10.6 Å². The molecule has 8 nitrogen and oxygen atoms in total. The first-order chi connectivity index (χ1) is 14.8. The van der Waals surface area contributed by atoms with Gasteiger partial charge < -0.3 is 15.0 Å². The summed E-state index contributed by atoms with van der Waals surface area (Å²) in [6, 6.07) is -1.28. The number of ether oxygens (including phenoxy) is 1. The van der Waals surface area contributed by atoms with Crippen LogP contribution < -0.4 is 10.6 Å². The normalized spacial score (nSPS) is 34.3. The second-order valence-corrected chi connectivity index (χ2v) is 10.3. The predicted octanol–water partition coefficient (Wildman–Crippen LogP) is 2.36. The van der Waals surface area contributed by atoms with Crippen molar-refractivity contribution in [2.75, 3.05) is 13.2 Å². The maximum Gasteiger partial charge on any atom is 0.329 e. The Labute approximate surface area is 183 Å². The van der Waals surface area contributed by atoms with Crippen molar-refractivity contribution in [3.63, 3.8) is 0 Å². The van der Waals surface area contributed by atoms with E-state index in [9.17, 15) is 19.2 Å². The summed E-state index contributed by atoms with van der Waals surface area (Å²) >= 11 is 0. The molecule has 2 atom stereocenters. The molecule has 2 N–H and O–H groups in total. The Hall–Kier alpha value is -2.12. The highest BCUT2D eigenvalue weighted by molar-refractivity contribution is 5.96. The van der Waals surface area contributed by atoms with Crippen LogP contribution in [0.4, 0.5) is 4.79 Å². The number of imide groups is 1. The highest BCUT2D eigenvalue weighted by atomic mass is 16.5. The number of nitrogens with one attached hydrogen (secondary N) is 2. The zero-order valence-electron chi connectivity index (χ0n) is 18.7. The van der Waals surface area contributed by atoms with Crippen LogP contribution in [0.3, 0.4) is 0 Å². The summed E-state index contributed by atoms with van der Waals surface area (Å²) < 4.78 is 5.19. The van der Waals surface area contributed by atoms with Gasteiger partial charge in [0.1, 0.15) is 6.04 Å². The fourth-order valence-electron chi connectivity index (χ4n) is 6.69. The van der Waals surface area contributed by atoms with Gasteiger partial charge in [-0.25, -0.2) is 9.59 Å². The van der Waals surface area contributed by atoms with E-state index in [0.29, 0.717) is 30.7 Å². The highest BCUT2D eigenvalue weighted by Gasteiger charge is 2.57. The number of likely N-dealkylation sites (tertiary alicyclic amines) is 1. The molecule has 0 aromatic carbocycles. The Balaban J connectivity index is 1.31. The SMILES string of the molecule is CC[C@H](C)NC(=O)NC(=O)COC(=O)[C@H]1CCCN1C(=O)C12CC3CC(CC(C3)C1)C2. The van der Waals surface area contributed by atoms with Crippen LogP contribution in [-0.2, 0) is 19.1 Å². The van der Waals surface area contributed by atoms with Crippen LogP contribution in [0.15, 0.2) is 0 Å². The Bertz CT molecular complexity index is 716. The van der Waals surface area contributed by atoms with Crippen molar-refractivity contribution in [2.24, 2.45) is 23.2 Å². The lowest BCUT2D eigenvalue weighted by Gasteiger charge is -2.56. The summed E-state index contributed by atoms with van der Waals surface area (Å²) in [5.41, 5.74) is -0.289. The average molecular weight is 434 g/mol. The predicted molar refractivity (Wildman–Crippen MR) is 113 cm³/mol. The van der Waals surface area contributed by atoms with Gasteiger partial charge in [-0.05, 0) is 82.5 Å². The Kier molecular flexibility index (Phi) is 6.26. The van der Waals surface area contributed by atoms with Gasteiger partial charge in [0.15, 0.2) is 6.61 Å². The van der Waals surface area contributed by atoms with Gasteiger partial charge in [0.05, 0.1) is 5.41 Å². The Morgan fingerprint density at radius 1 is 1.06 bits per heavy atom. The van der Waals surface area contributed by atoms with E-state index >= 15 is 0 Å². The number of esters is 1. The van der Waals surface area contributed by atoms with Crippen molar-refractivity contribution in [3.05, 3.63) is 0 Å². The Morgan fingerprint density at radius 2 is 1.68 bits per heavy atom. The zero-order valence-corrected chi connectivity index (χ0v) is 18.7. The topological polar surface area (TPSA) is 105 Å².